The van der Waals surface area contributed by atoms with E-state index in [0.717, 1.165) is 28.0 Å². The van der Waals surface area contributed by atoms with Crippen molar-refractivity contribution in [2.75, 3.05) is 0 Å². The smallest absolute Gasteiger partial charge is 0.244 e. The number of rotatable bonds is 6. The molecule has 4 rings (SSSR count). The molecule has 0 aliphatic rings. The van der Waals surface area contributed by atoms with Gasteiger partial charge in [0.1, 0.15) is 5.82 Å². The largest absolute Gasteiger partial charge is 0.343 e. The number of nitrogens with one attached hydrogen (secondary N) is 1. The number of benzene rings is 3. The predicted molar refractivity (Wildman–Crippen MR) is 122 cm³/mol. The first-order valence-electron chi connectivity index (χ1n) is 9.83. The molecule has 1 amide bonds. The summed E-state index contributed by atoms with van der Waals surface area (Å²) in [6, 6.07) is 25.3. The number of aromatic nitrogens is 2. The first-order chi connectivity index (χ1) is 14.6. The molecule has 4 nitrogen and oxygen atoms in total. The van der Waals surface area contributed by atoms with Gasteiger partial charge < -0.3 is 9.88 Å². The minimum atomic E-state index is -0.260. The summed E-state index contributed by atoms with van der Waals surface area (Å²) in [6.45, 7) is 2.57. The van der Waals surface area contributed by atoms with Crippen molar-refractivity contribution in [2.45, 2.75) is 19.5 Å². The highest BCUT2D eigenvalue weighted by Crippen LogP contribution is 2.23. The Morgan fingerprint density at radius 3 is 2.63 bits per heavy atom. The fourth-order valence-corrected chi connectivity index (χ4v) is 3.68. The molecule has 0 saturated carbocycles. The van der Waals surface area contributed by atoms with E-state index in [4.69, 9.17) is 16.6 Å². The van der Waals surface area contributed by atoms with Crippen molar-refractivity contribution in [1.29, 1.82) is 0 Å². The lowest BCUT2D eigenvalue weighted by Gasteiger charge is -2.16. The molecule has 0 radical (unpaired) electrons. The number of imidazole rings is 1. The van der Waals surface area contributed by atoms with E-state index >= 15 is 0 Å². The first kappa shape index (κ1) is 19.9. The van der Waals surface area contributed by atoms with Gasteiger partial charge in [-0.2, -0.15) is 0 Å². The molecule has 5 heteroatoms. The van der Waals surface area contributed by atoms with Gasteiger partial charge in [0.05, 0.1) is 17.1 Å². The molecule has 0 fully saturated rings. The van der Waals surface area contributed by atoms with E-state index in [1.54, 1.807) is 12.2 Å². The van der Waals surface area contributed by atoms with Gasteiger partial charge in [0.25, 0.3) is 0 Å². The molecule has 1 N–H and O–H groups in total. The Morgan fingerprint density at radius 1 is 1.07 bits per heavy atom. The van der Waals surface area contributed by atoms with Gasteiger partial charge in [-0.05, 0) is 48.4 Å². The lowest BCUT2D eigenvalue weighted by molar-refractivity contribution is -0.117. The molecule has 0 spiro atoms. The van der Waals surface area contributed by atoms with Crippen LogP contribution in [0.3, 0.4) is 0 Å². The van der Waals surface area contributed by atoms with Crippen LogP contribution in [0.4, 0.5) is 0 Å². The van der Waals surface area contributed by atoms with Crippen molar-refractivity contribution >= 4 is 34.6 Å². The van der Waals surface area contributed by atoms with Crippen molar-refractivity contribution in [3.63, 3.8) is 0 Å². The Hall–Kier alpha value is -3.37. The predicted octanol–water partition coefficient (Wildman–Crippen LogP) is 5.63. The molecule has 150 valence electrons. The average Bonchev–Trinajstić information content (AvgIpc) is 3.12. The van der Waals surface area contributed by atoms with Crippen LogP contribution in [0.5, 0.6) is 0 Å². The SMILES string of the molecule is C[C@H](NC(=O)/C=C/c1ccccc1)c1nc2ccccc2n1Cc1cccc(Cl)c1. The van der Waals surface area contributed by atoms with Gasteiger partial charge in [0.15, 0.2) is 0 Å². The van der Waals surface area contributed by atoms with E-state index in [2.05, 4.69) is 9.88 Å². The van der Waals surface area contributed by atoms with Crippen LogP contribution in [0.1, 0.15) is 29.9 Å². The Balaban J connectivity index is 1.59. The second kappa shape index (κ2) is 8.97. The summed E-state index contributed by atoms with van der Waals surface area (Å²) in [4.78, 5) is 17.3. The molecular weight excluding hydrogens is 394 g/mol. The van der Waals surface area contributed by atoms with Crippen molar-refractivity contribution in [1.82, 2.24) is 14.9 Å². The quantitative estimate of drug-likeness (QED) is 0.415. The summed E-state index contributed by atoms with van der Waals surface area (Å²) < 4.78 is 2.13. The zero-order chi connectivity index (χ0) is 20.9. The van der Waals surface area contributed by atoms with E-state index in [0.29, 0.717) is 11.6 Å². The minimum Gasteiger partial charge on any atom is -0.343 e. The van der Waals surface area contributed by atoms with Crippen LogP contribution in [0.2, 0.25) is 5.02 Å². The molecule has 3 aromatic carbocycles. The third-order valence-electron chi connectivity index (χ3n) is 4.89. The number of amides is 1. The Morgan fingerprint density at radius 2 is 1.83 bits per heavy atom. The maximum atomic E-state index is 12.5. The summed E-state index contributed by atoms with van der Waals surface area (Å²) in [7, 11) is 0. The standard InChI is InChI=1S/C25H22ClN3O/c1-18(27-24(30)15-14-19-8-3-2-4-9-19)25-28-22-12-5-6-13-23(22)29(25)17-20-10-7-11-21(26)16-20/h2-16,18H,17H2,1H3,(H,27,30)/b15-14+/t18-/m0/s1. The Labute approximate surface area is 180 Å². The maximum absolute atomic E-state index is 12.5. The van der Waals surface area contributed by atoms with Crippen LogP contribution in [0.15, 0.2) is 84.9 Å². The molecule has 1 atom stereocenters. The molecule has 0 bridgehead atoms. The fourth-order valence-electron chi connectivity index (χ4n) is 3.47. The highest BCUT2D eigenvalue weighted by molar-refractivity contribution is 6.30. The van der Waals surface area contributed by atoms with E-state index in [1.807, 2.05) is 85.8 Å². The maximum Gasteiger partial charge on any atom is 0.244 e. The van der Waals surface area contributed by atoms with Crippen molar-refractivity contribution < 1.29 is 4.79 Å². The number of para-hydroxylation sites is 2. The van der Waals surface area contributed by atoms with Crippen molar-refractivity contribution in [2.24, 2.45) is 0 Å². The number of carbonyl (C=O) groups excluding carboxylic acids is 1. The van der Waals surface area contributed by atoms with Gasteiger partial charge in [-0.3, -0.25) is 4.79 Å². The van der Waals surface area contributed by atoms with Crippen molar-refractivity contribution in [3.05, 3.63) is 107 Å². The van der Waals surface area contributed by atoms with Crippen LogP contribution in [0.25, 0.3) is 17.1 Å². The average molecular weight is 416 g/mol. The van der Waals surface area contributed by atoms with Crippen LogP contribution in [0, 0.1) is 0 Å². The van der Waals surface area contributed by atoms with Gasteiger partial charge >= 0.3 is 0 Å². The van der Waals surface area contributed by atoms with Crippen LogP contribution < -0.4 is 5.32 Å². The molecular formula is C25H22ClN3O. The third-order valence-corrected chi connectivity index (χ3v) is 5.12. The zero-order valence-corrected chi connectivity index (χ0v) is 17.4. The van der Waals surface area contributed by atoms with E-state index in [9.17, 15) is 4.79 Å². The number of halogens is 1. The summed E-state index contributed by atoms with van der Waals surface area (Å²) in [6.07, 6.45) is 3.35. The molecule has 0 unspecified atom stereocenters. The highest BCUT2D eigenvalue weighted by Gasteiger charge is 2.18. The highest BCUT2D eigenvalue weighted by atomic mass is 35.5. The molecule has 0 aliphatic heterocycles. The summed E-state index contributed by atoms with van der Waals surface area (Å²) in [5.41, 5.74) is 3.98. The molecule has 1 aromatic heterocycles. The second-order valence-corrected chi connectivity index (χ2v) is 7.59. The Bertz CT molecular complexity index is 1200. The monoisotopic (exact) mass is 415 g/mol. The van der Waals surface area contributed by atoms with E-state index < -0.39 is 0 Å². The van der Waals surface area contributed by atoms with Gasteiger partial charge in [-0.15, -0.1) is 0 Å². The lowest BCUT2D eigenvalue weighted by atomic mass is 10.2. The number of hydrogen-bond donors (Lipinski definition) is 1. The normalized spacial score (nSPS) is 12.3. The van der Waals surface area contributed by atoms with Crippen LogP contribution in [-0.4, -0.2) is 15.5 Å². The number of fused-ring (bicyclic) bond motifs is 1. The van der Waals surface area contributed by atoms with Gasteiger partial charge in [0, 0.05) is 17.6 Å². The second-order valence-electron chi connectivity index (χ2n) is 7.15. The summed E-state index contributed by atoms with van der Waals surface area (Å²) in [5, 5.41) is 3.73. The molecule has 0 aliphatic carbocycles. The summed E-state index contributed by atoms with van der Waals surface area (Å²) >= 11 is 6.17. The topological polar surface area (TPSA) is 46.9 Å². The molecule has 0 saturated heterocycles. The van der Waals surface area contributed by atoms with Gasteiger partial charge in [-0.1, -0.05) is 66.2 Å². The summed E-state index contributed by atoms with van der Waals surface area (Å²) in [5.74, 6) is 0.644. The fraction of sp³-hybridized carbons (Fsp3) is 0.120. The van der Waals surface area contributed by atoms with Gasteiger partial charge in [-0.25, -0.2) is 4.98 Å². The third kappa shape index (κ3) is 4.61. The van der Waals surface area contributed by atoms with Crippen LogP contribution in [-0.2, 0) is 11.3 Å². The number of carbonyl (C=O) groups is 1. The number of nitrogens with zero attached hydrogens (tertiary/aromatic N) is 2. The first-order valence-corrected chi connectivity index (χ1v) is 10.2. The Kier molecular flexibility index (Phi) is 5.96. The zero-order valence-electron chi connectivity index (χ0n) is 16.6. The molecule has 30 heavy (non-hydrogen) atoms. The lowest BCUT2D eigenvalue weighted by Crippen LogP contribution is -2.27. The minimum absolute atomic E-state index is 0.160. The van der Waals surface area contributed by atoms with E-state index in [1.165, 1.54) is 0 Å². The van der Waals surface area contributed by atoms with Crippen molar-refractivity contribution in [3.8, 4) is 0 Å². The molecule has 4 aromatic rings. The van der Waals surface area contributed by atoms with Crippen LogP contribution >= 0.6 is 11.6 Å². The van der Waals surface area contributed by atoms with Gasteiger partial charge in [0.2, 0.25) is 5.91 Å². The molecule has 1 heterocycles. The number of hydrogen-bond acceptors (Lipinski definition) is 2. The van der Waals surface area contributed by atoms with E-state index in [-0.39, 0.29) is 11.9 Å².